The molecular weight excluding hydrogens is 310 g/mol. The van der Waals surface area contributed by atoms with Crippen molar-refractivity contribution in [3.05, 3.63) is 41.4 Å². The predicted octanol–water partition coefficient (Wildman–Crippen LogP) is 2.26. The average molecular weight is 331 g/mol. The van der Waals surface area contributed by atoms with Gasteiger partial charge in [0.1, 0.15) is 9.88 Å². The summed E-state index contributed by atoms with van der Waals surface area (Å²) in [4.78, 5) is 19.5. The summed E-state index contributed by atoms with van der Waals surface area (Å²) in [6.45, 7) is 5.30. The molecule has 2 aromatic rings. The van der Waals surface area contributed by atoms with Gasteiger partial charge < -0.3 is 10.1 Å². The number of hydrogen-bond donors (Lipinski definition) is 1. The van der Waals surface area contributed by atoms with Crippen LogP contribution in [-0.4, -0.2) is 55.2 Å². The van der Waals surface area contributed by atoms with E-state index in [1.54, 1.807) is 6.20 Å². The zero-order valence-corrected chi connectivity index (χ0v) is 13.8. The number of benzene rings is 1. The summed E-state index contributed by atoms with van der Waals surface area (Å²) in [6, 6.07) is 9.93. The third-order valence-electron chi connectivity index (χ3n) is 3.79. The van der Waals surface area contributed by atoms with Gasteiger partial charge in [-0.05, 0) is 13.0 Å². The zero-order valence-electron chi connectivity index (χ0n) is 13.0. The highest BCUT2D eigenvalue weighted by Gasteiger charge is 2.12. The largest absolute Gasteiger partial charge is 0.379 e. The molecule has 1 N–H and O–H groups in total. The summed E-state index contributed by atoms with van der Waals surface area (Å²) in [5.41, 5.74) is 1.05. The fourth-order valence-electron chi connectivity index (χ4n) is 2.51. The van der Waals surface area contributed by atoms with Gasteiger partial charge in [-0.1, -0.05) is 30.3 Å². The highest BCUT2D eigenvalue weighted by atomic mass is 32.1. The van der Waals surface area contributed by atoms with E-state index in [-0.39, 0.29) is 5.91 Å². The van der Waals surface area contributed by atoms with Crippen molar-refractivity contribution in [2.24, 2.45) is 0 Å². The molecule has 1 fully saturated rings. The van der Waals surface area contributed by atoms with Crippen molar-refractivity contribution in [3.63, 3.8) is 0 Å². The lowest BCUT2D eigenvalue weighted by Crippen LogP contribution is -2.38. The maximum absolute atomic E-state index is 12.2. The Kier molecular flexibility index (Phi) is 5.74. The normalized spacial score (nSPS) is 15.5. The lowest BCUT2D eigenvalue weighted by molar-refractivity contribution is 0.0374. The molecule has 1 amide bonds. The Morgan fingerprint density at radius 2 is 2.04 bits per heavy atom. The van der Waals surface area contributed by atoms with Crippen LogP contribution < -0.4 is 5.32 Å². The van der Waals surface area contributed by atoms with Crippen molar-refractivity contribution in [3.8, 4) is 10.6 Å². The summed E-state index contributed by atoms with van der Waals surface area (Å²) in [6.07, 6.45) is 2.61. The number of nitrogens with one attached hydrogen (secondary N) is 1. The van der Waals surface area contributed by atoms with Gasteiger partial charge in [0.2, 0.25) is 0 Å². The predicted molar refractivity (Wildman–Crippen MR) is 91.8 cm³/mol. The van der Waals surface area contributed by atoms with E-state index in [1.165, 1.54) is 11.3 Å². The van der Waals surface area contributed by atoms with Gasteiger partial charge in [0.05, 0.1) is 19.4 Å². The van der Waals surface area contributed by atoms with E-state index in [0.29, 0.717) is 11.4 Å². The summed E-state index contributed by atoms with van der Waals surface area (Å²) < 4.78 is 5.32. The number of hydrogen-bond acceptors (Lipinski definition) is 5. The topological polar surface area (TPSA) is 54.5 Å². The van der Waals surface area contributed by atoms with E-state index in [4.69, 9.17) is 4.74 Å². The number of morpholine rings is 1. The number of aromatic nitrogens is 1. The third-order valence-corrected chi connectivity index (χ3v) is 4.84. The number of thiazole rings is 1. The van der Waals surface area contributed by atoms with E-state index in [1.807, 2.05) is 30.3 Å². The second-order valence-corrected chi connectivity index (χ2v) is 6.49. The number of nitrogens with zero attached hydrogens (tertiary/aromatic N) is 2. The molecule has 122 valence electrons. The molecule has 1 aliphatic heterocycles. The molecule has 0 atom stereocenters. The van der Waals surface area contributed by atoms with Crippen molar-refractivity contribution in [2.75, 3.05) is 39.4 Å². The van der Waals surface area contributed by atoms with Crippen LogP contribution in [0.4, 0.5) is 0 Å². The molecule has 1 aliphatic rings. The Balaban J connectivity index is 1.44. The van der Waals surface area contributed by atoms with Crippen molar-refractivity contribution in [1.29, 1.82) is 0 Å². The lowest BCUT2D eigenvalue weighted by atomic mass is 10.2. The molecule has 23 heavy (non-hydrogen) atoms. The number of carbonyl (C=O) groups excluding carboxylic acids is 1. The van der Waals surface area contributed by atoms with Crippen molar-refractivity contribution in [2.45, 2.75) is 6.42 Å². The van der Waals surface area contributed by atoms with Crippen LogP contribution in [0.25, 0.3) is 10.6 Å². The number of carbonyl (C=O) groups is 1. The van der Waals surface area contributed by atoms with Crippen molar-refractivity contribution < 1.29 is 9.53 Å². The molecule has 3 rings (SSSR count). The third kappa shape index (κ3) is 4.60. The molecule has 6 heteroatoms. The number of ether oxygens (including phenoxy) is 1. The van der Waals surface area contributed by atoms with Gasteiger partial charge >= 0.3 is 0 Å². The summed E-state index contributed by atoms with van der Waals surface area (Å²) in [5.74, 6) is -0.0355. The van der Waals surface area contributed by atoms with E-state index >= 15 is 0 Å². The molecule has 5 nitrogen and oxygen atoms in total. The first-order valence-electron chi connectivity index (χ1n) is 7.92. The maximum atomic E-state index is 12.2. The SMILES string of the molecule is O=C(NCCCN1CCOCC1)c1cnc(-c2ccccc2)s1. The van der Waals surface area contributed by atoms with Crippen LogP contribution in [0.5, 0.6) is 0 Å². The number of rotatable bonds is 6. The molecule has 0 aliphatic carbocycles. The first-order valence-corrected chi connectivity index (χ1v) is 8.74. The minimum absolute atomic E-state index is 0.0355. The van der Waals surface area contributed by atoms with Gasteiger partial charge in [-0.15, -0.1) is 11.3 Å². The molecule has 1 aromatic carbocycles. The average Bonchev–Trinajstić information content (AvgIpc) is 3.10. The molecule has 0 saturated carbocycles. The Bertz CT molecular complexity index is 624. The van der Waals surface area contributed by atoms with Crippen molar-refractivity contribution in [1.82, 2.24) is 15.2 Å². The quantitative estimate of drug-likeness (QED) is 0.825. The van der Waals surface area contributed by atoms with Crippen LogP contribution in [0.1, 0.15) is 16.1 Å². The van der Waals surface area contributed by atoms with Crippen LogP contribution >= 0.6 is 11.3 Å². The molecule has 0 spiro atoms. The van der Waals surface area contributed by atoms with Gasteiger partial charge in [0, 0.05) is 25.2 Å². The van der Waals surface area contributed by atoms with E-state index in [2.05, 4.69) is 15.2 Å². The van der Waals surface area contributed by atoms with E-state index in [0.717, 1.165) is 49.8 Å². The van der Waals surface area contributed by atoms with Gasteiger partial charge in [0.15, 0.2) is 0 Å². The molecular formula is C17H21N3O2S. The van der Waals surface area contributed by atoms with Crippen molar-refractivity contribution >= 4 is 17.2 Å². The Hall–Kier alpha value is -1.76. The minimum Gasteiger partial charge on any atom is -0.379 e. The van der Waals surface area contributed by atoms with Gasteiger partial charge in [-0.3, -0.25) is 9.69 Å². The fourth-order valence-corrected chi connectivity index (χ4v) is 3.35. The molecule has 0 radical (unpaired) electrons. The van der Waals surface area contributed by atoms with Gasteiger partial charge in [-0.25, -0.2) is 4.98 Å². The Labute approximate surface area is 140 Å². The molecule has 0 bridgehead atoms. The second kappa shape index (κ2) is 8.19. The smallest absolute Gasteiger partial charge is 0.263 e. The highest BCUT2D eigenvalue weighted by molar-refractivity contribution is 7.16. The Morgan fingerprint density at radius 1 is 1.26 bits per heavy atom. The maximum Gasteiger partial charge on any atom is 0.263 e. The van der Waals surface area contributed by atoms with E-state index < -0.39 is 0 Å². The van der Waals surface area contributed by atoms with Gasteiger partial charge in [0.25, 0.3) is 5.91 Å². The van der Waals surface area contributed by atoms with Gasteiger partial charge in [-0.2, -0.15) is 0 Å². The summed E-state index contributed by atoms with van der Waals surface area (Å²) in [5, 5.41) is 3.86. The monoisotopic (exact) mass is 331 g/mol. The lowest BCUT2D eigenvalue weighted by Gasteiger charge is -2.26. The van der Waals surface area contributed by atoms with Crippen LogP contribution in [0.2, 0.25) is 0 Å². The first-order chi connectivity index (χ1) is 11.3. The summed E-state index contributed by atoms with van der Waals surface area (Å²) in [7, 11) is 0. The fraction of sp³-hybridized carbons (Fsp3) is 0.412. The second-order valence-electron chi connectivity index (χ2n) is 5.46. The zero-order chi connectivity index (χ0) is 15.9. The van der Waals surface area contributed by atoms with Crippen LogP contribution in [0.3, 0.4) is 0 Å². The van der Waals surface area contributed by atoms with Crippen LogP contribution in [-0.2, 0) is 4.74 Å². The van der Waals surface area contributed by atoms with E-state index in [9.17, 15) is 4.79 Å². The Morgan fingerprint density at radius 3 is 2.83 bits per heavy atom. The summed E-state index contributed by atoms with van der Waals surface area (Å²) >= 11 is 1.43. The van der Waals surface area contributed by atoms with Crippen LogP contribution in [0, 0.1) is 0 Å². The minimum atomic E-state index is -0.0355. The standard InChI is InChI=1S/C17H21N3O2S/c21-16(18-7-4-8-20-9-11-22-12-10-20)15-13-19-17(23-15)14-5-2-1-3-6-14/h1-3,5-6,13H,4,7-12H2,(H,18,21). The number of amides is 1. The molecule has 0 unspecified atom stereocenters. The highest BCUT2D eigenvalue weighted by Crippen LogP contribution is 2.24. The molecule has 2 heterocycles. The molecule has 1 saturated heterocycles. The first kappa shape index (κ1) is 16.1. The van der Waals surface area contributed by atoms with Crippen LogP contribution in [0.15, 0.2) is 36.5 Å². The molecule has 1 aromatic heterocycles.